The predicted molar refractivity (Wildman–Crippen MR) is 75.4 cm³/mol. The van der Waals surface area contributed by atoms with E-state index in [-0.39, 0.29) is 12.2 Å². The molecule has 92 valence electrons. The number of halogens is 2. The molecule has 0 aliphatic heterocycles. The lowest BCUT2D eigenvalue weighted by molar-refractivity contribution is 0.0993. The molecule has 0 atom stereocenters. The zero-order chi connectivity index (χ0) is 13.1. The number of ketones is 1. The summed E-state index contributed by atoms with van der Waals surface area (Å²) in [7, 11) is 0. The standard InChI is InChI=1S/C14H11Cl2NO/c15-11-4-2-1-3-9(11)8-14(18)10-5-6-12(16)13(17)7-10/h1-7H,8,17H2. The van der Waals surface area contributed by atoms with Crippen molar-refractivity contribution in [2.75, 3.05) is 5.73 Å². The highest BCUT2D eigenvalue weighted by molar-refractivity contribution is 6.33. The van der Waals surface area contributed by atoms with E-state index in [1.54, 1.807) is 24.3 Å². The largest absolute Gasteiger partial charge is 0.398 e. The van der Waals surface area contributed by atoms with E-state index in [0.29, 0.717) is 21.3 Å². The van der Waals surface area contributed by atoms with Crippen molar-refractivity contribution in [1.29, 1.82) is 0 Å². The van der Waals surface area contributed by atoms with Gasteiger partial charge in [0.25, 0.3) is 0 Å². The van der Waals surface area contributed by atoms with E-state index in [2.05, 4.69) is 0 Å². The van der Waals surface area contributed by atoms with Crippen LogP contribution in [0.2, 0.25) is 10.0 Å². The molecule has 0 aromatic heterocycles. The van der Waals surface area contributed by atoms with E-state index < -0.39 is 0 Å². The Labute approximate surface area is 115 Å². The van der Waals surface area contributed by atoms with Gasteiger partial charge in [-0.05, 0) is 29.8 Å². The maximum absolute atomic E-state index is 12.1. The first kappa shape index (κ1) is 12.9. The van der Waals surface area contributed by atoms with Gasteiger partial charge in [-0.3, -0.25) is 4.79 Å². The summed E-state index contributed by atoms with van der Waals surface area (Å²) in [6.07, 6.45) is 0.251. The molecule has 0 saturated carbocycles. The Kier molecular flexibility index (Phi) is 3.90. The molecule has 0 amide bonds. The van der Waals surface area contributed by atoms with E-state index in [4.69, 9.17) is 28.9 Å². The van der Waals surface area contributed by atoms with Crippen molar-refractivity contribution in [2.24, 2.45) is 0 Å². The lowest BCUT2D eigenvalue weighted by Crippen LogP contribution is -2.04. The Hall–Kier alpha value is -1.51. The van der Waals surface area contributed by atoms with Crippen molar-refractivity contribution < 1.29 is 4.79 Å². The van der Waals surface area contributed by atoms with E-state index in [0.717, 1.165) is 5.56 Å². The SMILES string of the molecule is Nc1cc(C(=O)Cc2ccccc2Cl)ccc1Cl. The average Bonchev–Trinajstić information content (AvgIpc) is 2.35. The van der Waals surface area contributed by atoms with Gasteiger partial charge in [-0.25, -0.2) is 0 Å². The first-order chi connectivity index (χ1) is 8.58. The van der Waals surface area contributed by atoms with E-state index in [1.807, 2.05) is 18.2 Å². The van der Waals surface area contributed by atoms with Crippen molar-refractivity contribution in [3.8, 4) is 0 Å². The molecule has 0 radical (unpaired) electrons. The Morgan fingerprint density at radius 3 is 2.44 bits per heavy atom. The smallest absolute Gasteiger partial charge is 0.167 e. The lowest BCUT2D eigenvalue weighted by Gasteiger charge is -2.05. The van der Waals surface area contributed by atoms with Gasteiger partial charge in [0.15, 0.2) is 5.78 Å². The number of rotatable bonds is 3. The number of hydrogen-bond acceptors (Lipinski definition) is 2. The normalized spacial score (nSPS) is 10.3. The van der Waals surface area contributed by atoms with E-state index in [9.17, 15) is 4.79 Å². The van der Waals surface area contributed by atoms with Crippen LogP contribution in [-0.4, -0.2) is 5.78 Å². The van der Waals surface area contributed by atoms with Crippen LogP contribution in [0, 0.1) is 0 Å². The number of nitrogens with two attached hydrogens (primary N) is 1. The molecular weight excluding hydrogens is 269 g/mol. The maximum Gasteiger partial charge on any atom is 0.167 e. The van der Waals surface area contributed by atoms with Gasteiger partial charge in [0.2, 0.25) is 0 Å². The van der Waals surface area contributed by atoms with E-state index >= 15 is 0 Å². The first-order valence-corrected chi connectivity index (χ1v) is 6.15. The van der Waals surface area contributed by atoms with Crippen LogP contribution in [0.25, 0.3) is 0 Å². The number of carbonyl (C=O) groups excluding carboxylic acids is 1. The summed E-state index contributed by atoms with van der Waals surface area (Å²) < 4.78 is 0. The number of nitrogen functional groups attached to an aromatic ring is 1. The van der Waals surface area contributed by atoms with Crippen molar-refractivity contribution in [2.45, 2.75) is 6.42 Å². The zero-order valence-corrected chi connectivity index (χ0v) is 11.0. The van der Waals surface area contributed by atoms with Gasteiger partial charge in [-0.2, -0.15) is 0 Å². The highest BCUT2D eigenvalue weighted by Crippen LogP contribution is 2.22. The summed E-state index contributed by atoms with van der Waals surface area (Å²) in [6.45, 7) is 0. The van der Waals surface area contributed by atoms with Crippen molar-refractivity contribution in [1.82, 2.24) is 0 Å². The number of benzene rings is 2. The quantitative estimate of drug-likeness (QED) is 0.682. The van der Waals surface area contributed by atoms with Crippen LogP contribution in [0.1, 0.15) is 15.9 Å². The minimum absolute atomic E-state index is 0.0357. The number of anilines is 1. The van der Waals surface area contributed by atoms with Crippen LogP contribution in [-0.2, 0) is 6.42 Å². The van der Waals surface area contributed by atoms with Crippen LogP contribution < -0.4 is 5.73 Å². The summed E-state index contributed by atoms with van der Waals surface area (Å²) in [6, 6.07) is 12.2. The molecule has 4 heteroatoms. The monoisotopic (exact) mass is 279 g/mol. The molecular formula is C14H11Cl2NO. The highest BCUT2D eigenvalue weighted by atomic mass is 35.5. The molecule has 18 heavy (non-hydrogen) atoms. The molecule has 2 nitrogen and oxygen atoms in total. The van der Waals surface area contributed by atoms with Crippen LogP contribution in [0.4, 0.5) is 5.69 Å². The molecule has 0 bridgehead atoms. The van der Waals surface area contributed by atoms with Gasteiger partial charge >= 0.3 is 0 Å². The second-order valence-electron chi connectivity index (χ2n) is 3.93. The minimum atomic E-state index is -0.0357. The topological polar surface area (TPSA) is 43.1 Å². The van der Waals surface area contributed by atoms with Gasteiger partial charge < -0.3 is 5.73 Å². The molecule has 0 aliphatic carbocycles. The molecule has 0 heterocycles. The van der Waals surface area contributed by atoms with Gasteiger partial charge in [0, 0.05) is 17.0 Å². The summed E-state index contributed by atoms with van der Waals surface area (Å²) in [5, 5.41) is 1.04. The molecule has 2 aromatic carbocycles. The van der Waals surface area contributed by atoms with Gasteiger partial charge in [0.1, 0.15) is 0 Å². The van der Waals surface area contributed by atoms with Gasteiger partial charge in [-0.15, -0.1) is 0 Å². The molecule has 0 aliphatic rings. The minimum Gasteiger partial charge on any atom is -0.398 e. The Morgan fingerprint density at radius 1 is 1.06 bits per heavy atom. The van der Waals surface area contributed by atoms with Crippen molar-refractivity contribution >= 4 is 34.7 Å². The number of Topliss-reactive ketones (excluding diaryl/α,β-unsaturated/α-hetero) is 1. The highest BCUT2D eigenvalue weighted by Gasteiger charge is 2.10. The second kappa shape index (κ2) is 5.42. The average molecular weight is 280 g/mol. The molecule has 0 spiro atoms. The lowest BCUT2D eigenvalue weighted by atomic mass is 10.0. The molecule has 2 aromatic rings. The van der Waals surface area contributed by atoms with Gasteiger partial charge in [-0.1, -0.05) is 41.4 Å². The Morgan fingerprint density at radius 2 is 1.78 bits per heavy atom. The number of carbonyl (C=O) groups is 1. The maximum atomic E-state index is 12.1. The molecule has 0 saturated heterocycles. The Balaban J connectivity index is 2.22. The summed E-state index contributed by atoms with van der Waals surface area (Å²) in [5.74, 6) is -0.0357. The first-order valence-electron chi connectivity index (χ1n) is 5.39. The molecule has 0 fully saturated rings. The third kappa shape index (κ3) is 2.84. The third-order valence-electron chi connectivity index (χ3n) is 2.63. The fourth-order valence-electron chi connectivity index (χ4n) is 1.63. The summed E-state index contributed by atoms with van der Waals surface area (Å²) in [4.78, 5) is 12.1. The predicted octanol–water partition coefficient (Wildman–Crippen LogP) is 4.00. The van der Waals surface area contributed by atoms with Crippen molar-refractivity contribution in [3.63, 3.8) is 0 Å². The summed E-state index contributed by atoms with van der Waals surface area (Å²) in [5.41, 5.74) is 7.42. The molecule has 0 unspecified atom stereocenters. The van der Waals surface area contributed by atoms with Crippen molar-refractivity contribution in [3.05, 3.63) is 63.6 Å². The van der Waals surface area contributed by atoms with E-state index in [1.165, 1.54) is 0 Å². The molecule has 2 rings (SSSR count). The fraction of sp³-hybridized carbons (Fsp3) is 0.0714. The van der Waals surface area contributed by atoms with Crippen LogP contribution in [0.5, 0.6) is 0 Å². The zero-order valence-electron chi connectivity index (χ0n) is 9.49. The second-order valence-corrected chi connectivity index (χ2v) is 4.74. The third-order valence-corrected chi connectivity index (χ3v) is 3.34. The van der Waals surface area contributed by atoms with Gasteiger partial charge in [0.05, 0.1) is 10.7 Å². The van der Waals surface area contributed by atoms with Crippen LogP contribution >= 0.6 is 23.2 Å². The Bertz CT molecular complexity index is 596. The summed E-state index contributed by atoms with van der Waals surface area (Å²) >= 11 is 11.8. The number of hydrogen-bond donors (Lipinski definition) is 1. The van der Waals surface area contributed by atoms with Crippen LogP contribution in [0.15, 0.2) is 42.5 Å². The fourth-order valence-corrected chi connectivity index (χ4v) is 1.95. The molecule has 2 N–H and O–H groups in total. The van der Waals surface area contributed by atoms with Crippen LogP contribution in [0.3, 0.4) is 0 Å².